The Hall–Kier alpha value is -4.46. The van der Waals surface area contributed by atoms with Crippen LogP contribution in [0.15, 0.2) is 93.0 Å². The predicted molar refractivity (Wildman–Crippen MR) is 137 cm³/mol. The third-order valence-corrected chi connectivity index (χ3v) is 5.84. The number of para-hydroxylation sites is 1. The molecule has 0 radical (unpaired) electrons. The van der Waals surface area contributed by atoms with Crippen LogP contribution in [0.3, 0.4) is 0 Å². The number of benzene rings is 3. The summed E-state index contributed by atoms with van der Waals surface area (Å²) in [5.74, 6) is 1.44. The summed E-state index contributed by atoms with van der Waals surface area (Å²) in [7, 11) is 0. The maximum Gasteiger partial charge on any atom is 0.331 e. The first-order valence-electron chi connectivity index (χ1n) is 11.9. The van der Waals surface area contributed by atoms with Gasteiger partial charge in [0.1, 0.15) is 12.3 Å². The van der Waals surface area contributed by atoms with Crippen LogP contribution in [0.2, 0.25) is 0 Å². The van der Waals surface area contributed by atoms with E-state index in [1.54, 1.807) is 24.3 Å². The average molecular weight is 483 g/mol. The molecule has 0 N–H and O–H groups in total. The molecule has 0 bridgehead atoms. The molecular weight excluding hydrogens is 456 g/mol. The Morgan fingerprint density at radius 2 is 1.61 bits per heavy atom. The van der Waals surface area contributed by atoms with Crippen molar-refractivity contribution in [1.29, 1.82) is 0 Å². The quantitative estimate of drug-likeness (QED) is 0.328. The normalized spacial score (nSPS) is 11.3. The molecule has 0 saturated carbocycles. The number of hydrogen-bond acceptors (Lipinski definition) is 6. The lowest BCUT2D eigenvalue weighted by molar-refractivity contribution is 0.242. The fraction of sp³-hybridized carbons (Fsp3) is 0.214. The highest BCUT2D eigenvalue weighted by Crippen LogP contribution is 2.21. The van der Waals surface area contributed by atoms with Crippen LogP contribution in [0.4, 0.5) is 0 Å². The maximum absolute atomic E-state index is 13.5. The van der Waals surface area contributed by atoms with Gasteiger partial charge in [-0.15, -0.1) is 0 Å². The van der Waals surface area contributed by atoms with Gasteiger partial charge in [0, 0.05) is 12.1 Å². The van der Waals surface area contributed by atoms with Crippen molar-refractivity contribution >= 4 is 10.9 Å². The average Bonchev–Trinajstić information content (AvgIpc) is 3.36. The monoisotopic (exact) mass is 482 g/mol. The second kappa shape index (κ2) is 10.0. The molecule has 8 nitrogen and oxygen atoms in total. The molecule has 0 fully saturated rings. The Kier molecular flexibility index (Phi) is 6.49. The smallest absolute Gasteiger partial charge is 0.331 e. The van der Waals surface area contributed by atoms with Gasteiger partial charge in [-0.2, -0.15) is 4.98 Å². The molecule has 0 unspecified atom stereocenters. The third kappa shape index (κ3) is 4.84. The zero-order valence-electron chi connectivity index (χ0n) is 20.1. The van der Waals surface area contributed by atoms with Crippen molar-refractivity contribution in [2.24, 2.45) is 0 Å². The molecule has 0 amide bonds. The van der Waals surface area contributed by atoms with Gasteiger partial charge in [0.05, 0.1) is 17.0 Å². The van der Waals surface area contributed by atoms with E-state index in [1.807, 2.05) is 68.4 Å². The van der Waals surface area contributed by atoms with Crippen LogP contribution < -0.4 is 16.0 Å². The van der Waals surface area contributed by atoms with Crippen molar-refractivity contribution in [3.63, 3.8) is 0 Å². The predicted octanol–water partition coefficient (Wildman–Crippen LogP) is 4.29. The van der Waals surface area contributed by atoms with E-state index in [0.29, 0.717) is 23.1 Å². The molecular formula is C28H26N4O4. The minimum Gasteiger partial charge on any atom is -0.491 e. The summed E-state index contributed by atoms with van der Waals surface area (Å²) in [6.07, 6.45) is 0.645. The van der Waals surface area contributed by atoms with Gasteiger partial charge in [0.2, 0.25) is 11.7 Å². The van der Waals surface area contributed by atoms with Gasteiger partial charge < -0.3 is 9.26 Å². The summed E-state index contributed by atoms with van der Waals surface area (Å²) in [6.45, 7) is 4.25. The van der Waals surface area contributed by atoms with E-state index in [9.17, 15) is 9.59 Å². The SMILES string of the molecule is CC(C)Oc1ccc(-c2noc(Cn3c(=O)n(CCc4ccccc4)c(=O)c4ccccc43)n2)cc1. The summed E-state index contributed by atoms with van der Waals surface area (Å²) < 4.78 is 14.0. The summed E-state index contributed by atoms with van der Waals surface area (Å²) in [5, 5.41) is 4.55. The number of fused-ring (bicyclic) bond motifs is 1. The van der Waals surface area contributed by atoms with Crippen LogP contribution in [-0.4, -0.2) is 25.4 Å². The molecule has 2 aromatic heterocycles. The van der Waals surface area contributed by atoms with Gasteiger partial charge in [-0.3, -0.25) is 13.9 Å². The van der Waals surface area contributed by atoms with Crippen LogP contribution in [-0.2, 0) is 19.5 Å². The molecule has 0 aliphatic heterocycles. The summed E-state index contributed by atoms with van der Waals surface area (Å²) in [5.41, 5.74) is 1.63. The van der Waals surface area contributed by atoms with Gasteiger partial charge in [0.15, 0.2) is 0 Å². The van der Waals surface area contributed by atoms with Crippen molar-refractivity contribution in [3.05, 3.63) is 111 Å². The molecule has 5 rings (SSSR count). The molecule has 0 aliphatic rings. The van der Waals surface area contributed by atoms with E-state index >= 15 is 0 Å². The lowest BCUT2D eigenvalue weighted by atomic mass is 10.1. The first kappa shape index (κ1) is 23.3. The number of ether oxygens (including phenoxy) is 1. The van der Waals surface area contributed by atoms with Crippen molar-refractivity contribution < 1.29 is 9.26 Å². The maximum atomic E-state index is 13.5. The number of hydrogen-bond donors (Lipinski definition) is 0. The van der Waals surface area contributed by atoms with Crippen LogP contribution in [0, 0.1) is 0 Å². The molecule has 0 aliphatic carbocycles. The molecule has 3 aromatic carbocycles. The molecule has 36 heavy (non-hydrogen) atoms. The highest BCUT2D eigenvalue weighted by Gasteiger charge is 2.16. The Morgan fingerprint density at radius 3 is 2.36 bits per heavy atom. The van der Waals surface area contributed by atoms with Crippen LogP contribution >= 0.6 is 0 Å². The summed E-state index contributed by atoms with van der Waals surface area (Å²) in [6, 6.07) is 24.3. The standard InChI is InChI=1S/C28H26N4O4/c1-19(2)35-22-14-12-21(13-15-22)26-29-25(36-30-26)18-32-24-11-7-6-10-23(24)27(33)31(28(32)34)17-16-20-8-4-3-5-9-20/h3-15,19H,16-18H2,1-2H3. The Labute approximate surface area is 207 Å². The van der Waals surface area contributed by atoms with Crippen molar-refractivity contribution in [2.75, 3.05) is 0 Å². The summed E-state index contributed by atoms with van der Waals surface area (Å²) in [4.78, 5) is 31.1. The second-order valence-corrected chi connectivity index (χ2v) is 8.78. The fourth-order valence-electron chi connectivity index (χ4n) is 4.13. The van der Waals surface area contributed by atoms with Gasteiger partial charge in [-0.1, -0.05) is 47.6 Å². The first-order chi connectivity index (χ1) is 17.5. The van der Waals surface area contributed by atoms with E-state index in [4.69, 9.17) is 9.26 Å². The Balaban J connectivity index is 1.46. The van der Waals surface area contributed by atoms with Gasteiger partial charge >= 0.3 is 5.69 Å². The Bertz CT molecular complexity index is 1600. The number of rotatable bonds is 8. The van der Waals surface area contributed by atoms with Crippen molar-refractivity contribution in [1.82, 2.24) is 19.3 Å². The molecule has 182 valence electrons. The van der Waals surface area contributed by atoms with Crippen LogP contribution in [0.1, 0.15) is 25.3 Å². The molecule has 0 atom stereocenters. The minimum absolute atomic E-state index is 0.0481. The second-order valence-electron chi connectivity index (χ2n) is 8.78. The molecule has 5 aromatic rings. The van der Waals surface area contributed by atoms with Gasteiger partial charge in [-0.05, 0) is 62.2 Å². The Morgan fingerprint density at radius 1 is 0.889 bits per heavy atom. The van der Waals surface area contributed by atoms with Crippen LogP contribution in [0.25, 0.3) is 22.3 Å². The van der Waals surface area contributed by atoms with Crippen molar-refractivity contribution in [2.45, 2.75) is 39.5 Å². The minimum atomic E-state index is -0.412. The van der Waals surface area contributed by atoms with E-state index < -0.39 is 5.69 Å². The number of nitrogens with zero attached hydrogens (tertiary/aromatic N) is 4. The largest absolute Gasteiger partial charge is 0.491 e. The number of aromatic nitrogens is 4. The number of aryl methyl sites for hydroxylation is 1. The topological polar surface area (TPSA) is 92.2 Å². The van der Waals surface area contributed by atoms with Gasteiger partial charge in [-0.25, -0.2) is 4.79 Å². The van der Waals surface area contributed by atoms with E-state index in [0.717, 1.165) is 16.9 Å². The lowest BCUT2D eigenvalue weighted by Gasteiger charge is -2.12. The lowest BCUT2D eigenvalue weighted by Crippen LogP contribution is -2.40. The fourth-order valence-corrected chi connectivity index (χ4v) is 4.13. The molecule has 8 heteroatoms. The molecule has 0 spiro atoms. The highest BCUT2D eigenvalue weighted by atomic mass is 16.5. The molecule has 0 saturated heterocycles. The van der Waals surface area contributed by atoms with Crippen molar-refractivity contribution in [3.8, 4) is 17.1 Å². The molecule has 2 heterocycles. The van der Waals surface area contributed by atoms with Gasteiger partial charge in [0.25, 0.3) is 5.56 Å². The first-order valence-corrected chi connectivity index (χ1v) is 11.9. The zero-order chi connectivity index (χ0) is 25.1. The summed E-state index contributed by atoms with van der Waals surface area (Å²) >= 11 is 0. The third-order valence-electron chi connectivity index (χ3n) is 5.84. The van der Waals surface area contributed by atoms with Crippen LogP contribution in [0.5, 0.6) is 5.75 Å². The van der Waals surface area contributed by atoms with E-state index in [2.05, 4.69) is 10.1 Å². The highest BCUT2D eigenvalue weighted by molar-refractivity contribution is 5.77. The zero-order valence-corrected chi connectivity index (χ0v) is 20.1. The van der Waals surface area contributed by atoms with E-state index in [1.165, 1.54) is 9.13 Å². The van der Waals surface area contributed by atoms with E-state index in [-0.39, 0.29) is 30.6 Å².